The van der Waals surface area contributed by atoms with Crippen LogP contribution in [0, 0.1) is 5.82 Å². The summed E-state index contributed by atoms with van der Waals surface area (Å²) in [6.45, 7) is 2.07. The molecule has 0 fully saturated rings. The second-order valence-corrected chi connectivity index (χ2v) is 5.15. The van der Waals surface area contributed by atoms with Crippen LogP contribution in [-0.2, 0) is 0 Å². The predicted octanol–water partition coefficient (Wildman–Crippen LogP) is 3.47. The normalized spacial score (nSPS) is 11.6. The fraction of sp³-hybridized carbons (Fsp3) is 0.278. The van der Waals surface area contributed by atoms with E-state index in [1.807, 2.05) is 30.3 Å². The molecule has 0 spiro atoms. The summed E-state index contributed by atoms with van der Waals surface area (Å²) < 4.78 is 18.9. The number of amides is 2. The minimum atomic E-state index is -0.537. The molecule has 0 aliphatic carbocycles. The molecular weight excluding hydrogens is 311 g/mol. The quantitative estimate of drug-likeness (QED) is 0.727. The molecule has 0 saturated carbocycles. The van der Waals surface area contributed by atoms with Crippen molar-refractivity contribution in [2.24, 2.45) is 0 Å². The summed E-state index contributed by atoms with van der Waals surface area (Å²) in [6, 6.07) is 12.8. The number of hydrogen-bond donors (Lipinski definition) is 3. The standard InChI is InChI=1S/C18H21FN2O3/c1-2-24-17-9-8-14(12-15(17)19)20-18(23)21-16(10-11-22)13-6-4-3-5-7-13/h3-9,12,16,22H,2,10-11H2,1H3,(H2,20,21,23)/t16-/m1/s1. The Morgan fingerprint density at radius 3 is 2.62 bits per heavy atom. The molecule has 0 heterocycles. The first kappa shape index (κ1) is 17.7. The number of rotatable bonds is 7. The number of hydrogen-bond acceptors (Lipinski definition) is 3. The van der Waals surface area contributed by atoms with Gasteiger partial charge in [0.2, 0.25) is 0 Å². The number of benzene rings is 2. The average Bonchev–Trinajstić information content (AvgIpc) is 2.58. The lowest BCUT2D eigenvalue weighted by Crippen LogP contribution is -2.33. The van der Waals surface area contributed by atoms with Crippen LogP contribution in [0.25, 0.3) is 0 Å². The van der Waals surface area contributed by atoms with Crippen LogP contribution in [0.4, 0.5) is 14.9 Å². The number of halogens is 1. The lowest BCUT2D eigenvalue weighted by Gasteiger charge is -2.19. The summed E-state index contributed by atoms with van der Waals surface area (Å²) >= 11 is 0. The molecule has 2 aromatic rings. The number of nitrogens with one attached hydrogen (secondary N) is 2. The third kappa shape index (κ3) is 4.96. The third-order valence-electron chi connectivity index (χ3n) is 3.41. The molecular formula is C18H21FN2O3. The summed E-state index contributed by atoms with van der Waals surface area (Å²) in [5.74, 6) is -0.393. The van der Waals surface area contributed by atoms with Gasteiger partial charge in [-0.2, -0.15) is 0 Å². The first-order valence-corrected chi connectivity index (χ1v) is 7.79. The van der Waals surface area contributed by atoms with Gasteiger partial charge >= 0.3 is 6.03 Å². The Morgan fingerprint density at radius 2 is 2.00 bits per heavy atom. The Morgan fingerprint density at radius 1 is 1.25 bits per heavy atom. The van der Waals surface area contributed by atoms with E-state index in [1.165, 1.54) is 12.1 Å². The molecule has 0 radical (unpaired) electrons. The maximum absolute atomic E-state index is 13.8. The molecule has 0 bridgehead atoms. The molecule has 0 aromatic heterocycles. The molecule has 24 heavy (non-hydrogen) atoms. The Bertz CT molecular complexity index is 665. The lowest BCUT2D eigenvalue weighted by atomic mass is 10.0. The Kier molecular flexibility index (Phi) is 6.57. The van der Waals surface area contributed by atoms with Gasteiger partial charge in [-0.25, -0.2) is 9.18 Å². The van der Waals surface area contributed by atoms with Crippen LogP contribution in [0.2, 0.25) is 0 Å². The largest absolute Gasteiger partial charge is 0.491 e. The second-order valence-electron chi connectivity index (χ2n) is 5.15. The van der Waals surface area contributed by atoms with Crippen LogP contribution in [0.5, 0.6) is 5.75 Å². The van der Waals surface area contributed by atoms with E-state index >= 15 is 0 Å². The highest BCUT2D eigenvalue weighted by atomic mass is 19.1. The van der Waals surface area contributed by atoms with Gasteiger partial charge in [0.1, 0.15) is 0 Å². The van der Waals surface area contributed by atoms with E-state index in [0.29, 0.717) is 18.7 Å². The van der Waals surface area contributed by atoms with Gasteiger partial charge in [-0.15, -0.1) is 0 Å². The van der Waals surface area contributed by atoms with Crippen molar-refractivity contribution in [3.8, 4) is 5.75 Å². The van der Waals surface area contributed by atoms with E-state index < -0.39 is 11.8 Å². The topological polar surface area (TPSA) is 70.6 Å². The van der Waals surface area contributed by atoms with Gasteiger partial charge in [-0.3, -0.25) is 0 Å². The van der Waals surface area contributed by atoms with Crippen molar-refractivity contribution in [1.82, 2.24) is 5.32 Å². The SMILES string of the molecule is CCOc1ccc(NC(=O)N[C@H](CCO)c2ccccc2)cc1F. The van der Waals surface area contributed by atoms with E-state index in [-0.39, 0.29) is 18.4 Å². The van der Waals surface area contributed by atoms with Crippen molar-refractivity contribution in [3.05, 3.63) is 59.9 Å². The molecule has 6 heteroatoms. The van der Waals surface area contributed by atoms with Gasteiger partial charge in [0, 0.05) is 18.4 Å². The van der Waals surface area contributed by atoms with Gasteiger partial charge in [0.15, 0.2) is 11.6 Å². The number of aliphatic hydroxyl groups is 1. The van der Waals surface area contributed by atoms with E-state index in [4.69, 9.17) is 4.74 Å². The number of carbonyl (C=O) groups is 1. The summed E-state index contributed by atoms with van der Waals surface area (Å²) in [7, 11) is 0. The highest BCUT2D eigenvalue weighted by Crippen LogP contribution is 2.21. The van der Waals surface area contributed by atoms with Crippen LogP contribution >= 0.6 is 0 Å². The van der Waals surface area contributed by atoms with Gasteiger partial charge < -0.3 is 20.5 Å². The van der Waals surface area contributed by atoms with Crippen molar-refractivity contribution < 1.29 is 19.0 Å². The minimum Gasteiger partial charge on any atom is -0.491 e. The van der Waals surface area contributed by atoms with Crippen molar-refractivity contribution in [1.29, 1.82) is 0 Å². The Balaban J connectivity index is 2.02. The molecule has 3 N–H and O–H groups in total. The fourth-order valence-electron chi connectivity index (χ4n) is 2.31. The molecule has 1 atom stereocenters. The van der Waals surface area contributed by atoms with Crippen LogP contribution < -0.4 is 15.4 Å². The second kappa shape index (κ2) is 8.88. The van der Waals surface area contributed by atoms with Crippen LogP contribution in [-0.4, -0.2) is 24.4 Å². The van der Waals surface area contributed by atoms with Crippen LogP contribution in [0.1, 0.15) is 24.9 Å². The Hall–Kier alpha value is -2.60. The molecule has 0 aliphatic rings. The van der Waals surface area contributed by atoms with Crippen LogP contribution in [0.3, 0.4) is 0 Å². The van der Waals surface area contributed by atoms with E-state index in [1.54, 1.807) is 13.0 Å². The maximum atomic E-state index is 13.8. The molecule has 2 rings (SSSR count). The first-order valence-electron chi connectivity index (χ1n) is 7.79. The first-order chi connectivity index (χ1) is 11.6. The fourth-order valence-corrected chi connectivity index (χ4v) is 2.31. The van der Waals surface area contributed by atoms with Crippen LogP contribution in [0.15, 0.2) is 48.5 Å². The molecule has 0 aliphatic heterocycles. The van der Waals surface area contributed by atoms with E-state index in [9.17, 15) is 14.3 Å². The lowest BCUT2D eigenvalue weighted by molar-refractivity contribution is 0.239. The van der Waals surface area contributed by atoms with Gasteiger partial charge in [-0.1, -0.05) is 30.3 Å². The van der Waals surface area contributed by atoms with Crippen molar-refractivity contribution in [2.75, 3.05) is 18.5 Å². The summed E-state index contributed by atoms with van der Waals surface area (Å²) in [5.41, 5.74) is 1.21. The van der Waals surface area contributed by atoms with Gasteiger partial charge in [-0.05, 0) is 31.0 Å². The summed E-state index contributed by atoms with van der Waals surface area (Å²) in [6.07, 6.45) is 0.384. The number of urea groups is 1. The van der Waals surface area contributed by atoms with Gasteiger partial charge in [0.25, 0.3) is 0 Å². The molecule has 0 saturated heterocycles. The molecule has 2 aromatic carbocycles. The van der Waals surface area contributed by atoms with Crippen molar-refractivity contribution in [3.63, 3.8) is 0 Å². The highest BCUT2D eigenvalue weighted by Gasteiger charge is 2.14. The zero-order chi connectivity index (χ0) is 17.4. The minimum absolute atomic E-state index is 0.0580. The monoisotopic (exact) mass is 332 g/mol. The summed E-state index contributed by atoms with van der Waals surface area (Å²) in [5, 5.41) is 14.5. The van der Waals surface area contributed by atoms with Crippen molar-refractivity contribution in [2.45, 2.75) is 19.4 Å². The van der Waals surface area contributed by atoms with Gasteiger partial charge in [0.05, 0.1) is 12.6 Å². The summed E-state index contributed by atoms with van der Waals surface area (Å²) in [4.78, 5) is 12.1. The molecule has 5 nitrogen and oxygen atoms in total. The molecule has 0 unspecified atom stereocenters. The van der Waals surface area contributed by atoms with E-state index in [0.717, 1.165) is 5.56 Å². The number of carbonyl (C=O) groups excluding carboxylic acids is 1. The highest BCUT2D eigenvalue weighted by molar-refractivity contribution is 5.89. The predicted molar refractivity (Wildman–Crippen MR) is 90.6 cm³/mol. The Labute approximate surface area is 140 Å². The average molecular weight is 332 g/mol. The smallest absolute Gasteiger partial charge is 0.319 e. The van der Waals surface area contributed by atoms with E-state index in [2.05, 4.69) is 10.6 Å². The van der Waals surface area contributed by atoms with Crippen molar-refractivity contribution >= 4 is 11.7 Å². The maximum Gasteiger partial charge on any atom is 0.319 e. The zero-order valence-corrected chi connectivity index (χ0v) is 13.5. The molecule has 2 amide bonds. The molecule has 128 valence electrons. The third-order valence-corrected chi connectivity index (χ3v) is 3.41. The number of ether oxygens (including phenoxy) is 1. The number of anilines is 1. The number of aliphatic hydroxyl groups excluding tert-OH is 1. The zero-order valence-electron chi connectivity index (χ0n) is 13.5.